The first-order chi connectivity index (χ1) is 6.77. The van der Waals surface area contributed by atoms with Gasteiger partial charge in [0.2, 0.25) is 0 Å². The second-order valence-electron chi connectivity index (χ2n) is 3.98. The third-order valence-corrected chi connectivity index (χ3v) is 3.12. The lowest BCUT2D eigenvalue weighted by atomic mass is 9.99. The van der Waals surface area contributed by atoms with Crippen LogP contribution in [0, 0.1) is 5.92 Å². The maximum absolute atomic E-state index is 6.09. The van der Waals surface area contributed by atoms with Crippen LogP contribution in [0.3, 0.4) is 0 Å². The summed E-state index contributed by atoms with van der Waals surface area (Å²) >= 11 is 6.09. The summed E-state index contributed by atoms with van der Waals surface area (Å²) in [5.41, 5.74) is 0. The quantitative estimate of drug-likeness (QED) is 0.802. The molecular formula is C11H18ClN3. The van der Waals surface area contributed by atoms with E-state index in [1.165, 1.54) is 12.8 Å². The van der Waals surface area contributed by atoms with Gasteiger partial charge in [0.1, 0.15) is 5.82 Å². The Balaban J connectivity index is 0.00000112. The van der Waals surface area contributed by atoms with Gasteiger partial charge in [-0.3, -0.25) is 0 Å². The van der Waals surface area contributed by atoms with Gasteiger partial charge in [-0.05, 0) is 30.9 Å². The minimum Gasteiger partial charge on any atom is -0.355 e. The fourth-order valence-electron chi connectivity index (χ4n) is 1.83. The first kappa shape index (κ1) is 12.3. The molecule has 0 amide bonds. The minimum atomic E-state index is 0. The third kappa shape index (κ3) is 2.83. The Morgan fingerprint density at radius 3 is 2.67 bits per heavy atom. The first-order valence-electron chi connectivity index (χ1n) is 5.13. The van der Waals surface area contributed by atoms with Gasteiger partial charge in [-0.25, -0.2) is 4.98 Å². The largest absolute Gasteiger partial charge is 0.355 e. The van der Waals surface area contributed by atoms with E-state index in [1.54, 1.807) is 6.20 Å². The molecule has 1 aliphatic heterocycles. The highest BCUT2D eigenvalue weighted by molar-refractivity contribution is 6.32. The van der Waals surface area contributed by atoms with E-state index >= 15 is 0 Å². The molecule has 2 heterocycles. The molecule has 1 aromatic rings. The summed E-state index contributed by atoms with van der Waals surface area (Å²) in [6.07, 6.45) is 4.29. The van der Waals surface area contributed by atoms with Crippen LogP contribution in [0.1, 0.15) is 19.8 Å². The van der Waals surface area contributed by atoms with Crippen LogP contribution in [0.5, 0.6) is 0 Å². The topological polar surface area (TPSA) is 51.1 Å². The summed E-state index contributed by atoms with van der Waals surface area (Å²) in [7, 11) is 0. The van der Waals surface area contributed by atoms with Gasteiger partial charge >= 0.3 is 0 Å². The SMILES string of the molecule is CC1CCN(c2ncccc2Cl)CC1.N. The second-order valence-corrected chi connectivity index (χ2v) is 4.39. The van der Waals surface area contributed by atoms with Gasteiger partial charge in [-0.1, -0.05) is 18.5 Å². The molecule has 0 aliphatic carbocycles. The maximum Gasteiger partial charge on any atom is 0.147 e. The molecule has 0 atom stereocenters. The van der Waals surface area contributed by atoms with Gasteiger partial charge in [0.15, 0.2) is 0 Å². The molecule has 3 N–H and O–H groups in total. The number of pyridine rings is 1. The van der Waals surface area contributed by atoms with E-state index < -0.39 is 0 Å². The molecule has 0 spiro atoms. The van der Waals surface area contributed by atoms with Gasteiger partial charge in [0, 0.05) is 19.3 Å². The van der Waals surface area contributed by atoms with E-state index in [4.69, 9.17) is 11.6 Å². The molecule has 15 heavy (non-hydrogen) atoms. The van der Waals surface area contributed by atoms with Gasteiger partial charge < -0.3 is 11.1 Å². The number of piperidine rings is 1. The van der Waals surface area contributed by atoms with Crippen LogP contribution in [-0.2, 0) is 0 Å². The zero-order chi connectivity index (χ0) is 9.97. The average molecular weight is 228 g/mol. The molecule has 0 aromatic carbocycles. The molecule has 1 aliphatic rings. The van der Waals surface area contributed by atoms with Gasteiger partial charge in [0.25, 0.3) is 0 Å². The molecule has 0 unspecified atom stereocenters. The number of hydrogen-bond acceptors (Lipinski definition) is 3. The smallest absolute Gasteiger partial charge is 0.147 e. The Bertz CT molecular complexity index is 308. The highest BCUT2D eigenvalue weighted by Crippen LogP contribution is 2.26. The van der Waals surface area contributed by atoms with Crippen molar-refractivity contribution in [2.75, 3.05) is 18.0 Å². The summed E-state index contributed by atoms with van der Waals surface area (Å²) in [5.74, 6) is 1.79. The number of halogens is 1. The van der Waals surface area contributed by atoms with Crippen molar-refractivity contribution in [3.8, 4) is 0 Å². The number of rotatable bonds is 1. The summed E-state index contributed by atoms with van der Waals surface area (Å²) in [6.45, 7) is 4.47. The monoisotopic (exact) mass is 227 g/mol. The predicted molar refractivity (Wildman–Crippen MR) is 64.9 cm³/mol. The zero-order valence-electron chi connectivity index (χ0n) is 9.12. The molecule has 1 fully saturated rings. The van der Waals surface area contributed by atoms with Crippen LogP contribution >= 0.6 is 11.6 Å². The third-order valence-electron chi connectivity index (χ3n) is 2.82. The van der Waals surface area contributed by atoms with Crippen molar-refractivity contribution in [2.45, 2.75) is 19.8 Å². The summed E-state index contributed by atoms with van der Waals surface area (Å²) in [6, 6.07) is 3.78. The Labute approximate surface area is 96.0 Å². The van der Waals surface area contributed by atoms with E-state index in [2.05, 4.69) is 16.8 Å². The lowest BCUT2D eigenvalue weighted by Gasteiger charge is -2.31. The fourth-order valence-corrected chi connectivity index (χ4v) is 2.07. The molecular weight excluding hydrogens is 210 g/mol. The van der Waals surface area contributed by atoms with E-state index in [0.29, 0.717) is 0 Å². The normalized spacial score (nSPS) is 17.3. The van der Waals surface area contributed by atoms with E-state index in [9.17, 15) is 0 Å². The van der Waals surface area contributed by atoms with E-state index in [-0.39, 0.29) is 6.15 Å². The Morgan fingerprint density at radius 2 is 2.07 bits per heavy atom. The van der Waals surface area contributed by atoms with Crippen LogP contribution < -0.4 is 11.1 Å². The van der Waals surface area contributed by atoms with Crippen molar-refractivity contribution in [3.63, 3.8) is 0 Å². The van der Waals surface area contributed by atoms with Crippen molar-refractivity contribution in [1.82, 2.24) is 11.1 Å². The zero-order valence-corrected chi connectivity index (χ0v) is 9.87. The van der Waals surface area contributed by atoms with Crippen molar-refractivity contribution in [2.24, 2.45) is 5.92 Å². The lowest BCUT2D eigenvalue weighted by molar-refractivity contribution is 0.436. The highest BCUT2D eigenvalue weighted by Gasteiger charge is 2.18. The molecule has 2 rings (SSSR count). The molecule has 0 radical (unpaired) electrons. The molecule has 1 aromatic heterocycles. The average Bonchev–Trinajstić information content (AvgIpc) is 2.20. The van der Waals surface area contributed by atoms with E-state index in [1.807, 2.05) is 12.1 Å². The van der Waals surface area contributed by atoms with Crippen LogP contribution in [0.4, 0.5) is 5.82 Å². The van der Waals surface area contributed by atoms with Gasteiger partial charge in [-0.15, -0.1) is 0 Å². The summed E-state index contributed by atoms with van der Waals surface area (Å²) < 4.78 is 0. The molecule has 0 saturated carbocycles. The predicted octanol–water partition coefficient (Wildman–Crippen LogP) is 3.13. The summed E-state index contributed by atoms with van der Waals surface area (Å²) in [5, 5.41) is 0.766. The van der Waals surface area contributed by atoms with Crippen LogP contribution in [-0.4, -0.2) is 18.1 Å². The number of aromatic nitrogens is 1. The minimum absolute atomic E-state index is 0. The molecule has 3 nitrogen and oxygen atoms in total. The number of hydrogen-bond donors (Lipinski definition) is 1. The molecule has 0 bridgehead atoms. The number of anilines is 1. The van der Waals surface area contributed by atoms with Crippen molar-refractivity contribution in [1.29, 1.82) is 0 Å². The van der Waals surface area contributed by atoms with Crippen molar-refractivity contribution >= 4 is 17.4 Å². The van der Waals surface area contributed by atoms with Gasteiger partial charge in [0.05, 0.1) is 5.02 Å². The molecule has 84 valence electrons. The Kier molecular flexibility index (Phi) is 4.36. The lowest BCUT2D eigenvalue weighted by Crippen LogP contribution is -2.33. The molecule has 1 saturated heterocycles. The Morgan fingerprint density at radius 1 is 1.40 bits per heavy atom. The van der Waals surface area contributed by atoms with Crippen LogP contribution in [0.2, 0.25) is 5.02 Å². The standard InChI is InChI=1S/C11H15ClN2.H3N/c1-9-4-7-14(8-5-9)11-10(12)3-2-6-13-11;/h2-3,6,9H,4-5,7-8H2,1H3;1H3. The van der Waals surface area contributed by atoms with Crippen LogP contribution in [0.25, 0.3) is 0 Å². The maximum atomic E-state index is 6.09. The Hall–Kier alpha value is -0.800. The first-order valence-corrected chi connectivity index (χ1v) is 5.50. The number of nitrogens with zero attached hydrogens (tertiary/aromatic N) is 2. The summed E-state index contributed by atoms with van der Waals surface area (Å²) in [4.78, 5) is 6.60. The van der Waals surface area contributed by atoms with Crippen molar-refractivity contribution in [3.05, 3.63) is 23.4 Å². The van der Waals surface area contributed by atoms with E-state index in [0.717, 1.165) is 29.8 Å². The second kappa shape index (κ2) is 5.33. The van der Waals surface area contributed by atoms with Crippen molar-refractivity contribution < 1.29 is 0 Å². The van der Waals surface area contributed by atoms with Gasteiger partial charge in [-0.2, -0.15) is 0 Å². The highest BCUT2D eigenvalue weighted by atomic mass is 35.5. The fraction of sp³-hybridized carbons (Fsp3) is 0.545. The van der Waals surface area contributed by atoms with Crippen LogP contribution in [0.15, 0.2) is 18.3 Å². The molecule has 4 heteroatoms.